The van der Waals surface area contributed by atoms with Crippen LogP contribution in [0.4, 0.5) is 0 Å². The minimum absolute atomic E-state index is 0.0381. The van der Waals surface area contributed by atoms with Crippen LogP contribution in [0.2, 0.25) is 0 Å². The number of thiophene rings is 1. The third-order valence-corrected chi connectivity index (χ3v) is 5.85. The maximum Gasteiger partial charge on any atom is 0.220 e. The van der Waals surface area contributed by atoms with Gasteiger partial charge in [-0.3, -0.25) is 4.79 Å². The van der Waals surface area contributed by atoms with Crippen LogP contribution in [0.25, 0.3) is 5.65 Å². The van der Waals surface area contributed by atoms with Crippen LogP contribution >= 0.6 is 11.3 Å². The van der Waals surface area contributed by atoms with Gasteiger partial charge in [0.25, 0.3) is 0 Å². The monoisotopic (exact) mass is 395 g/mol. The number of carbonyl (C=O) groups is 1. The molecule has 0 aliphatic carbocycles. The predicted octanol–water partition coefficient (Wildman–Crippen LogP) is 4.12. The first-order valence-corrected chi connectivity index (χ1v) is 10.3. The molecular formula is C21H25N5OS. The summed E-state index contributed by atoms with van der Waals surface area (Å²) in [5.41, 5.74) is 3.80. The maximum absolute atomic E-state index is 12.6. The first-order chi connectivity index (χ1) is 13.4. The quantitative estimate of drug-likeness (QED) is 0.652. The maximum atomic E-state index is 12.6. The number of aromatic nitrogens is 3. The highest BCUT2D eigenvalue weighted by atomic mass is 32.1. The normalized spacial score (nSPS) is 12.3. The van der Waals surface area contributed by atoms with E-state index in [-0.39, 0.29) is 11.9 Å². The topological polar surface area (TPSA) is 83.1 Å². The zero-order valence-electron chi connectivity index (χ0n) is 16.7. The van der Waals surface area contributed by atoms with Crippen molar-refractivity contribution in [3.63, 3.8) is 0 Å². The number of nitriles is 1. The smallest absolute Gasteiger partial charge is 0.220 e. The molecule has 0 radical (unpaired) electrons. The van der Waals surface area contributed by atoms with Crippen LogP contribution in [0.5, 0.6) is 0 Å². The number of rotatable bonds is 7. The molecule has 1 N–H and O–H groups in total. The fourth-order valence-corrected chi connectivity index (χ4v) is 4.25. The SMILES string of the molecule is Cc1nc2c(C#N)cnn2c(C)c1CCC(=O)NC(CC(C)C)c1cccs1. The Bertz CT molecular complexity index is 1010. The Morgan fingerprint density at radius 1 is 1.39 bits per heavy atom. The zero-order valence-corrected chi connectivity index (χ0v) is 17.5. The number of nitrogens with one attached hydrogen (secondary N) is 1. The van der Waals surface area contributed by atoms with E-state index < -0.39 is 0 Å². The van der Waals surface area contributed by atoms with Crippen molar-refractivity contribution in [2.75, 3.05) is 0 Å². The molecule has 7 heteroatoms. The molecule has 0 saturated carbocycles. The number of hydrogen-bond acceptors (Lipinski definition) is 5. The van der Waals surface area contributed by atoms with Crippen LogP contribution < -0.4 is 5.32 Å². The van der Waals surface area contributed by atoms with Gasteiger partial charge in [-0.15, -0.1) is 11.3 Å². The van der Waals surface area contributed by atoms with E-state index in [0.29, 0.717) is 30.0 Å². The predicted molar refractivity (Wildman–Crippen MR) is 110 cm³/mol. The largest absolute Gasteiger partial charge is 0.348 e. The Kier molecular flexibility index (Phi) is 6.10. The summed E-state index contributed by atoms with van der Waals surface area (Å²) in [7, 11) is 0. The van der Waals surface area contributed by atoms with Crippen molar-refractivity contribution >= 4 is 22.9 Å². The van der Waals surface area contributed by atoms with E-state index in [4.69, 9.17) is 0 Å². The molecule has 0 bridgehead atoms. The lowest BCUT2D eigenvalue weighted by Gasteiger charge is -2.20. The van der Waals surface area contributed by atoms with Crippen molar-refractivity contribution in [1.29, 1.82) is 5.26 Å². The molecule has 0 fully saturated rings. The second kappa shape index (κ2) is 8.53. The number of aryl methyl sites for hydroxylation is 2. The van der Waals surface area contributed by atoms with Crippen molar-refractivity contribution in [2.24, 2.45) is 5.92 Å². The average molecular weight is 396 g/mol. The fourth-order valence-electron chi connectivity index (χ4n) is 3.46. The van der Waals surface area contributed by atoms with Crippen molar-refractivity contribution in [3.05, 3.63) is 51.1 Å². The number of fused-ring (bicyclic) bond motifs is 1. The fraction of sp³-hybridized carbons (Fsp3) is 0.429. The molecular weight excluding hydrogens is 370 g/mol. The van der Waals surface area contributed by atoms with Gasteiger partial charge in [-0.25, -0.2) is 9.50 Å². The van der Waals surface area contributed by atoms with Gasteiger partial charge in [0.05, 0.1) is 12.2 Å². The lowest BCUT2D eigenvalue weighted by Crippen LogP contribution is -2.29. The second-order valence-electron chi connectivity index (χ2n) is 7.43. The lowest BCUT2D eigenvalue weighted by atomic mass is 10.0. The summed E-state index contributed by atoms with van der Waals surface area (Å²) >= 11 is 1.68. The molecule has 0 aliphatic heterocycles. The molecule has 0 spiro atoms. The number of amides is 1. The average Bonchev–Trinajstić information content (AvgIpc) is 3.30. The van der Waals surface area contributed by atoms with E-state index >= 15 is 0 Å². The third kappa shape index (κ3) is 4.23. The van der Waals surface area contributed by atoms with Crippen LogP contribution in [0, 0.1) is 31.1 Å². The van der Waals surface area contributed by atoms with Crippen LogP contribution in [-0.4, -0.2) is 20.5 Å². The summed E-state index contributed by atoms with van der Waals surface area (Å²) < 4.78 is 1.69. The van der Waals surface area contributed by atoms with Gasteiger partial charge < -0.3 is 5.32 Å². The Hall–Kier alpha value is -2.72. The Morgan fingerprint density at radius 2 is 2.18 bits per heavy atom. The number of hydrogen-bond donors (Lipinski definition) is 1. The molecule has 1 atom stereocenters. The van der Waals surface area contributed by atoms with Crippen molar-refractivity contribution in [3.8, 4) is 6.07 Å². The van der Waals surface area contributed by atoms with Gasteiger partial charge in [0, 0.05) is 22.7 Å². The Balaban J connectivity index is 1.73. The molecule has 0 aliphatic rings. The van der Waals surface area contributed by atoms with Crippen molar-refractivity contribution in [1.82, 2.24) is 19.9 Å². The summed E-state index contributed by atoms with van der Waals surface area (Å²) in [5.74, 6) is 0.536. The van der Waals surface area contributed by atoms with Gasteiger partial charge in [0.1, 0.15) is 11.6 Å². The third-order valence-electron chi connectivity index (χ3n) is 4.86. The highest BCUT2D eigenvalue weighted by molar-refractivity contribution is 7.10. The van der Waals surface area contributed by atoms with E-state index in [0.717, 1.165) is 23.4 Å². The molecule has 3 rings (SSSR count). The van der Waals surface area contributed by atoms with Crippen LogP contribution in [0.3, 0.4) is 0 Å². The summed E-state index contributed by atoms with van der Waals surface area (Å²) in [4.78, 5) is 18.4. The molecule has 6 nitrogen and oxygen atoms in total. The molecule has 1 amide bonds. The van der Waals surface area contributed by atoms with E-state index in [1.165, 1.54) is 11.1 Å². The minimum Gasteiger partial charge on any atom is -0.348 e. The van der Waals surface area contributed by atoms with E-state index in [2.05, 4.69) is 41.4 Å². The van der Waals surface area contributed by atoms with E-state index in [1.54, 1.807) is 15.9 Å². The molecule has 0 aromatic carbocycles. The van der Waals surface area contributed by atoms with Crippen LogP contribution in [0.15, 0.2) is 23.7 Å². The van der Waals surface area contributed by atoms with Gasteiger partial charge in [-0.1, -0.05) is 19.9 Å². The standard InChI is InChI=1S/C21H25N5OS/c1-13(2)10-18(19-6-5-9-28-19)25-20(27)8-7-17-14(3)24-21-16(11-22)12-23-26(21)15(17)4/h5-6,9,12-13,18H,7-8,10H2,1-4H3,(H,25,27). The van der Waals surface area contributed by atoms with Crippen LogP contribution in [0.1, 0.15) is 60.1 Å². The molecule has 3 heterocycles. The number of carbonyl (C=O) groups excluding carboxylic acids is 1. The van der Waals surface area contributed by atoms with Crippen molar-refractivity contribution < 1.29 is 4.79 Å². The summed E-state index contributed by atoms with van der Waals surface area (Å²) in [6, 6.07) is 6.27. The molecule has 0 saturated heterocycles. The first-order valence-electron chi connectivity index (χ1n) is 9.47. The molecule has 28 heavy (non-hydrogen) atoms. The Labute approximate surface area is 169 Å². The highest BCUT2D eigenvalue weighted by Gasteiger charge is 2.19. The molecule has 3 aromatic rings. The van der Waals surface area contributed by atoms with Gasteiger partial charge in [0.2, 0.25) is 5.91 Å². The molecule has 146 valence electrons. The summed E-state index contributed by atoms with van der Waals surface area (Å²) in [6.45, 7) is 8.21. The lowest BCUT2D eigenvalue weighted by molar-refractivity contribution is -0.121. The zero-order chi connectivity index (χ0) is 20.3. The Morgan fingerprint density at radius 3 is 2.82 bits per heavy atom. The summed E-state index contributed by atoms with van der Waals surface area (Å²) in [6.07, 6.45) is 3.43. The number of nitrogens with zero attached hydrogens (tertiary/aromatic N) is 4. The van der Waals surface area contributed by atoms with Gasteiger partial charge in [-0.05, 0) is 49.6 Å². The highest BCUT2D eigenvalue weighted by Crippen LogP contribution is 2.25. The van der Waals surface area contributed by atoms with E-state index in [1.807, 2.05) is 25.3 Å². The minimum atomic E-state index is 0.0381. The van der Waals surface area contributed by atoms with Gasteiger partial charge in [0.15, 0.2) is 5.65 Å². The van der Waals surface area contributed by atoms with Gasteiger partial charge in [-0.2, -0.15) is 10.4 Å². The van der Waals surface area contributed by atoms with Gasteiger partial charge >= 0.3 is 0 Å². The second-order valence-corrected chi connectivity index (χ2v) is 8.41. The molecule has 3 aromatic heterocycles. The first kappa shape index (κ1) is 20.0. The van der Waals surface area contributed by atoms with Crippen molar-refractivity contribution in [2.45, 2.75) is 53.0 Å². The molecule has 1 unspecified atom stereocenters. The van der Waals surface area contributed by atoms with E-state index in [9.17, 15) is 10.1 Å². The van der Waals surface area contributed by atoms with Crippen LogP contribution in [-0.2, 0) is 11.2 Å². The summed E-state index contributed by atoms with van der Waals surface area (Å²) in [5, 5.41) is 18.7.